The first-order valence-corrected chi connectivity index (χ1v) is 8.04. The highest BCUT2D eigenvalue weighted by molar-refractivity contribution is 6.36. The van der Waals surface area contributed by atoms with E-state index in [2.05, 4.69) is 10.6 Å². The molecule has 0 radical (unpaired) electrons. The lowest BCUT2D eigenvalue weighted by Gasteiger charge is -2.23. The van der Waals surface area contributed by atoms with Crippen LogP contribution in [0.2, 0.25) is 10.0 Å². The summed E-state index contributed by atoms with van der Waals surface area (Å²) in [5.41, 5.74) is 1.63. The lowest BCUT2D eigenvalue weighted by atomic mass is 10.1. The van der Waals surface area contributed by atoms with E-state index in [-0.39, 0.29) is 18.2 Å². The van der Waals surface area contributed by atoms with Gasteiger partial charge in [0.05, 0.1) is 12.1 Å². The van der Waals surface area contributed by atoms with Gasteiger partial charge >= 0.3 is 0 Å². The van der Waals surface area contributed by atoms with Crippen molar-refractivity contribution >= 4 is 46.4 Å². The molecule has 0 fully saturated rings. The minimum atomic E-state index is -0.541. The molecule has 1 aliphatic heterocycles. The second-order valence-electron chi connectivity index (χ2n) is 5.39. The van der Waals surface area contributed by atoms with Gasteiger partial charge in [-0.15, -0.1) is 0 Å². The van der Waals surface area contributed by atoms with Crippen molar-refractivity contribution in [3.63, 3.8) is 0 Å². The molecule has 1 unspecified atom stereocenters. The van der Waals surface area contributed by atoms with Gasteiger partial charge < -0.3 is 15.4 Å². The average Bonchev–Trinajstić information content (AvgIpc) is 2.52. The number of hydrogen-bond donors (Lipinski definition) is 2. The van der Waals surface area contributed by atoms with Crippen LogP contribution in [-0.2, 0) is 16.0 Å². The van der Waals surface area contributed by atoms with E-state index in [1.54, 1.807) is 43.3 Å². The summed E-state index contributed by atoms with van der Waals surface area (Å²) >= 11 is 12.1. The molecule has 0 saturated heterocycles. The van der Waals surface area contributed by atoms with E-state index in [9.17, 15) is 9.59 Å². The molecule has 0 bridgehead atoms. The quantitative estimate of drug-likeness (QED) is 0.867. The van der Waals surface area contributed by atoms with Crippen LogP contribution in [0.25, 0.3) is 0 Å². The molecule has 0 aliphatic carbocycles. The maximum atomic E-state index is 12.2. The van der Waals surface area contributed by atoms with Gasteiger partial charge in [-0.05, 0) is 42.8 Å². The Morgan fingerprint density at radius 1 is 1.25 bits per heavy atom. The van der Waals surface area contributed by atoms with Gasteiger partial charge in [0.25, 0.3) is 5.91 Å². The van der Waals surface area contributed by atoms with Gasteiger partial charge in [0.2, 0.25) is 5.91 Å². The van der Waals surface area contributed by atoms with Crippen molar-refractivity contribution in [2.24, 2.45) is 0 Å². The Kier molecular flexibility index (Phi) is 4.64. The third-order valence-electron chi connectivity index (χ3n) is 3.59. The van der Waals surface area contributed by atoms with Crippen LogP contribution in [0, 0.1) is 0 Å². The molecule has 0 spiro atoms. The van der Waals surface area contributed by atoms with E-state index in [1.807, 2.05) is 0 Å². The molecule has 2 aromatic carbocycles. The summed E-state index contributed by atoms with van der Waals surface area (Å²) in [6, 6.07) is 10.1. The first-order valence-electron chi connectivity index (χ1n) is 7.28. The van der Waals surface area contributed by atoms with Crippen molar-refractivity contribution < 1.29 is 14.3 Å². The van der Waals surface area contributed by atoms with Gasteiger partial charge in [0, 0.05) is 15.7 Å². The molecule has 1 aliphatic rings. The minimum Gasteiger partial charge on any atom is -0.479 e. The second-order valence-corrected chi connectivity index (χ2v) is 6.20. The zero-order chi connectivity index (χ0) is 17.3. The molecule has 2 N–H and O–H groups in total. The van der Waals surface area contributed by atoms with Crippen LogP contribution < -0.4 is 15.4 Å². The van der Waals surface area contributed by atoms with E-state index < -0.39 is 6.10 Å². The number of halogens is 2. The maximum Gasteiger partial charge on any atom is 0.265 e. The van der Waals surface area contributed by atoms with Crippen molar-refractivity contribution in [3.05, 3.63) is 52.0 Å². The van der Waals surface area contributed by atoms with Crippen molar-refractivity contribution in [1.82, 2.24) is 0 Å². The molecule has 24 heavy (non-hydrogen) atoms. The summed E-state index contributed by atoms with van der Waals surface area (Å²) < 4.78 is 5.47. The Bertz CT molecular complexity index is 803. The standard InChI is InChI=1S/C17H14Cl2N2O3/c1-9-17(23)21-14-7-10(5-6-15(14)24-9)20-16(22)8-11-12(18)3-2-4-13(11)19/h2-7,9H,8H2,1H3,(H,20,22)(H,21,23). The fourth-order valence-electron chi connectivity index (χ4n) is 2.35. The number of rotatable bonds is 3. The Morgan fingerprint density at radius 2 is 1.96 bits per heavy atom. The molecule has 5 nitrogen and oxygen atoms in total. The third kappa shape index (κ3) is 3.47. The van der Waals surface area contributed by atoms with E-state index in [1.165, 1.54) is 0 Å². The molecule has 124 valence electrons. The molecule has 1 atom stereocenters. The smallest absolute Gasteiger partial charge is 0.265 e. The number of fused-ring (bicyclic) bond motifs is 1. The number of benzene rings is 2. The fraction of sp³-hybridized carbons (Fsp3) is 0.176. The molecule has 3 rings (SSSR count). The predicted molar refractivity (Wildman–Crippen MR) is 94.0 cm³/mol. The monoisotopic (exact) mass is 364 g/mol. The SMILES string of the molecule is CC1Oc2ccc(NC(=O)Cc3c(Cl)cccc3Cl)cc2NC1=O. The minimum absolute atomic E-state index is 0.0511. The largest absolute Gasteiger partial charge is 0.479 e. The number of nitrogens with one attached hydrogen (secondary N) is 2. The van der Waals surface area contributed by atoms with Gasteiger partial charge in [0.1, 0.15) is 5.75 Å². The lowest BCUT2D eigenvalue weighted by molar-refractivity contribution is -0.122. The number of amides is 2. The molecular formula is C17H14Cl2N2O3. The first kappa shape index (κ1) is 16.6. The molecule has 1 heterocycles. The van der Waals surface area contributed by atoms with Crippen LogP contribution in [0.3, 0.4) is 0 Å². The fourth-order valence-corrected chi connectivity index (χ4v) is 2.88. The summed E-state index contributed by atoms with van der Waals surface area (Å²) in [6.07, 6.45) is -0.490. The normalized spacial score (nSPS) is 16.0. The summed E-state index contributed by atoms with van der Waals surface area (Å²) in [5.74, 6) is 0.0736. The van der Waals surface area contributed by atoms with Gasteiger partial charge in [-0.1, -0.05) is 29.3 Å². The highest BCUT2D eigenvalue weighted by Crippen LogP contribution is 2.32. The van der Waals surface area contributed by atoms with Crippen LogP contribution in [0.5, 0.6) is 5.75 Å². The van der Waals surface area contributed by atoms with E-state index in [0.717, 1.165) is 0 Å². The maximum absolute atomic E-state index is 12.2. The van der Waals surface area contributed by atoms with Gasteiger partial charge in [-0.25, -0.2) is 0 Å². The van der Waals surface area contributed by atoms with Crippen LogP contribution in [0.4, 0.5) is 11.4 Å². The van der Waals surface area contributed by atoms with Crippen LogP contribution in [-0.4, -0.2) is 17.9 Å². The Morgan fingerprint density at radius 3 is 2.67 bits per heavy atom. The third-order valence-corrected chi connectivity index (χ3v) is 4.30. The van der Waals surface area contributed by atoms with Crippen LogP contribution >= 0.6 is 23.2 Å². The average molecular weight is 365 g/mol. The number of hydrogen-bond acceptors (Lipinski definition) is 3. The van der Waals surface area contributed by atoms with Gasteiger partial charge in [0.15, 0.2) is 6.10 Å². The van der Waals surface area contributed by atoms with E-state index in [4.69, 9.17) is 27.9 Å². The highest BCUT2D eigenvalue weighted by atomic mass is 35.5. The van der Waals surface area contributed by atoms with Crippen LogP contribution in [0.1, 0.15) is 12.5 Å². The molecule has 2 aromatic rings. The van der Waals surface area contributed by atoms with Crippen molar-refractivity contribution in [1.29, 1.82) is 0 Å². The first-order chi connectivity index (χ1) is 11.4. The summed E-state index contributed by atoms with van der Waals surface area (Å²) in [5, 5.41) is 6.38. The Balaban J connectivity index is 1.74. The Hall–Kier alpha value is -2.24. The van der Waals surface area contributed by atoms with Crippen LogP contribution in [0.15, 0.2) is 36.4 Å². The summed E-state index contributed by atoms with van der Waals surface area (Å²) in [6.45, 7) is 1.67. The molecular weight excluding hydrogens is 351 g/mol. The number of carbonyl (C=O) groups is 2. The van der Waals surface area contributed by atoms with E-state index >= 15 is 0 Å². The summed E-state index contributed by atoms with van der Waals surface area (Å²) in [4.78, 5) is 23.9. The predicted octanol–water partition coefficient (Wildman–Crippen LogP) is 3.89. The number of ether oxygens (including phenoxy) is 1. The molecule has 0 aromatic heterocycles. The highest BCUT2D eigenvalue weighted by Gasteiger charge is 2.23. The number of anilines is 2. The molecule has 7 heteroatoms. The van der Waals surface area contributed by atoms with Gasteiger partial charge in [-0.3, -0.25) is 9.59 Å². The zero-order valence-corrected chi connectivity index (χ0v) is 14.2. The number of carbonyl (C=O) groups excluding carboxylic acids is 2. The molecule has 0 saturated carbocycles. The second kappa shape index (κ2) is 6.71. The zero-order valence-electron chi connectivity index (χ0n) is 12.7. The topological polar surface area (TPSA) is 67.4 Å². The van der Waals surface area contributed by atoms with Crippen molar-refractivity contribution in [2.45, 2.75) is 19.4 Å². The summed E-state index contributed by atoms with van der Waals surface area (Å²) in [7, 11) is 0. The molecule has 2 amide bonds. The van der Waals surface area contributed by atoms with Crippen molar-refractivity contribution in [2.75, 3.05) is 10.6 Å². The van der Waals surface area contributed by atoms with Crippen molar-refractivity contribution in [3.8, 4) is 5.75 Å². The van der Waals surface area contributed by atoms with Gasteiger partial charge in [-0.2, -0.15) is 0 Å². The van der Waals surface area contributed by atoms with E-state index in [0.29, 0.717) is 32.7 Å². The Labute approximate surface area is 148 Å². The lowest BCUT2D eigenvalue weighted by Crippen LogP contribution is -2.34.